The highest BCUT2D eigenvalue weighted by molar-refractivity contribution is 7.07. The molecular formula is C19H21N3O4S. The van der Waals surface area contributed by atoms with Crippen LogP contribution in [0.1, 0.15) is 33.3 Å². The summed E-state index contributed by atoms with van der Waals surface area (Å²) in [6.07, 6.45) is 0. The largest absolute Gasteiger partial charge is 0.491 e. The van der Waals surface area contributed by atoms with Crippen LogP contribution < -0.4 is 4.74 Å². The predicted octanol–water partition coefficient (Wildman–Crippen LogP) is 2.04. The Kier molecular flexibility index (Phi) is 5.09. The van der Waals surface area contributed by atoms with E-state index in [4.69, 9.17) is 9.47 Å². The number of ether oxygens (including phenoxy) is 2. The lowest BCUT2D eigenvalue weighted by Gasteiger charge is -2.27. The Labute approximate surface area is 161 Å². The Balaban J connectivity index is 1.59. The van der Waals surface area contributed by atoms with Crippen molar-refractivity contribution in [3.05, 3.63) is 45.9 Å². The van der Waals surface area contributed by atoms with Gasteiger partial charge in [-0.3, -0.25) is 9.59 Å². The zero-order valence-electron chi connectivity index (χ0n) is 15.1. The fourth-order valence-corrected chi connectivity index (χ4v) is 3.83. The number of morpholine rings is 1. The number of carbonyl (C=O) groups excluding carboxylic acids is 2. The molecule has 27 heavy (non-hydrogen) atoms. The summed E-state index contributed by atoms with van der Waals surface area (Å²) in [6.45, 7) is 5.06. The summed E-state index contributed by atoms with van der Waals surface area (Å²) in [4.78, 5) is 33.3. The molecule has 0 aliphatic carbocycles. The number of amides is 2. The van der Waals surface area contributed by atoms with Gasteiger partial charge in [-0.1, -0.05) is 0 Å². The van der Waals surface area contributed by atoms with Gasteiger partial charge in [0, 0.05) is 29.6 Å². The minimum Gasteiger partial charge on any atom is -0.491 e. The molecule has 0 N–H and O–H groups in total. The summed E-state index contributed by atoms with van der Waals surface area (Å²) in [5.41, 5.74) is 3.53. The first kappa shape index (κ1) is 17.9. The van der Waals surface area contributed by atoms with Gasteiger partial charge < -0.3 is 19.3 Å². The molecule has 1 aromatic carbocycles. The molecule has 0 bridgehead atoms. The van der Waals surface area contributed by atoms with Gasteiger partial charge in [0.1, 0.15) is 18.1 Å². The highest BCUT2D eigenvalue weighted by atomic mass is 32.1. The number of thiazole rings is 1. The lowest BCUT2D eigenvalue weighted by atomic mass is 10.1. The Bertz CT molecular complexity index is 833. The number of benzene rings is 1. The minimum absolute atomic E-state index is 0.0178. The first-order valence-corrected chi connectivity index (χ1v) is 9.89. The van der Waals surface area contributed by atoms with Gasteiger partial charge >= 0.3 is 0 Å². The van der Waals surface area contributed by atoms with Gasteiger partial charge in [-0.05, 0) is 25.1 Å². The average Bonchev–Trinajstić information content (AvgIpc) is 3.19. The standard InChI is InChI=1S/C19H21N3O4S/c1-13-10-26-17-3-2-14(18(23)21-4-6-25-7-5-21)8-15(17)9-22(13)19(24)16-11-27-12-20-16/h2-3,8,11-13H,4-7,9-10H2,1H3/t13-/m0/s1. The van der Waals surface area contributed by atoms with Crippen LogP contribution in [0.5, 0.6) is 5.75 Å². The van der Waals surface area contributed by atoms with E-state index in [0.29, 0.717) is 56.5 Å². The molecule has 2 aliphatic heterocycles. The van der Waals surface area contributed by atoms with Crippen molar-refractivity contribution in [1.82, 2.24) is 14.8 Å². The Morgan fingerprint density at radius 2 is 2.04 bits per heavy atom. The van der Waals surface area contributed by atoms with Crippen LogP contribution in [-0.4, -0.2) is 65.6 Å². The molecule has 2 aromatic rings. The van der Waals surface area contributed by atoms with E-state index in [-0.39, 0.29) is 17.9 Å². The lowest BCUT2D eigenvalue weighted by Crippen LogP contribution is -2.41. The van der Waals surface area contributed by atoms with Crippen LogP contribution in [0.15, 0.2) is 29.1 Å². The molecule has 2 aliphatic rings. The van der Waals surface area contributed by atoms with Crippen molar-refractivity contribution in [1.29, 1.82) is 0 Å². The molecule has 8 heteroatoms. The van der Waals surface area contributed by atoms with E-state index in [1.165, 1.54) is 11.3 Å². The molecule has 142 valence electrons. The van der Waals surface area contributed by atoms with Crippen LogP contribution in [0, 0.1) is 0 Å². The van der Waals surface area contributed by atoms with Crippen molar-refractivity contribution in [3.8, 4) is 5.75 Å². The van der Waals surface area contributed by atoms with Gasteiger partial charge in [0.25, 0.3) is 11.8 Å². The van der Waals surface area contributed by atoms with E-state index in [1.54, 1.807) is 26.8 Å². The van der Waals surface area contributed by atoms with Crippen molar-refractivity contribution in [2.75, 3.05) is 32.9 Å². The Morgan fingerprint density at radius 3 is 2.78 bits per heavy atom. The van der Waals surface area contributed by atoms with Crippen LogP contribution >= 0.6 is 11.3 Å². The van der Waals surface area contributed by atoms with Crippen LogP contribution in [0.4, 0.5) is 0 Å². The maximum atomic E-state index is 12.8. The zero-order chi connectivity index (χ0) is 18.8. The third kappa shape index (κ3) is 3.68. The molecule has 2 amide bonds. The van der Waals surface area contributed by atoms with Crippen molar-refractivity contribution >= 4 is 23.2 Å². The molecule has 4 rings (SSSR count). The van der Waals surface area contributed by atoms with Crippen molar-refractivity contribution in [3.63, 3.8) is 0 Å². The van der Waals surface area contributed by atoms with Crippen molar-refractivity contribution in [2.45, 2.75) is 19.5 Å². The first-order valence-electron chi connectivity index (χ1n) is 8.95. The summed E-state index contributed by atoms with van der Waals surface area (Å²) < 4.78 is 11.2. The Morgan fingerprint density at radius 1 is 1.22 bits per heavy atom. The monoisotopic (exact) mass is 387 g/mol. The van der Waals surface area contributed by atoms with Crippen molar-refractivity contribution in [2.24, 2.45) is 0 Å². The molecule has 0 radical (unpaired) electrons. The SMILES string of the molecule is C[C@H]1COc2ccc(C(=O)N3CCOCC3)cc2CN1C(=O)c1cscn1. The maximum absolute atomic E-state index is 12.8. The molecule has 0 unspecified atom stereocenters. The fourth-order valence-electron chi connectivity index (χ4n) is 3.30. The van der Waals surface area contributed by atoms with Gasteiger partial charge in [0.2, 0.25) is 0 Å². The molecular weight excluding hydrogens is 366 g/mol. The average molecular weight is 387 g/mol. The van der Waals surface area contributed by atoms with Gasteiger partial charge in [0.15, 0.2) is 0 Å². The molecule has 1 atom stereocenters. The highest BCUT2D eigenvalue weighted by Gasteiger charge is 2.28. The molecule has 0 saturated carbocycles. The second kappa shape index (κ2) is 7.66. The highest BCUT2D eigenvalue weighted by Crippen LogP contribution is 2.28. The summed E-state index contributed by atoms with van der Waals surface area (Å²) in [5, 5.41) is 1.75. The Hall–Kier alpha value is -2.45. The second-order valence-electron chi connectivity index (χ2n) is 6.69. The summed E-state index contributed by atoms with van der Waals surface area (Å²) in [5.74, 6) is 0.579. The molecule has 1 aromatic heterocycles. The van der Waals surface area contributed by atoms with E-state index in [9.17, 15) is 9.59 Å². The summed E-state index contributed by atoms with van der Waals surface area (Å²) in [6, 6.07) is 5.36. The number of fused-ring (bicyclic) bond motifs is 1. The first-order chi connectivity index (χ1) is 13.1. The topological polar surface area (TPSA) is 72.0 Å². The van der Waals surface area contributed by atoms with E-state index in [1.807, 2.05) is 19.1 Å². The number of aromatic nitrogens is 1. The minimum atomic E-state index is -0.120. The quantitative estimate of drug-likeness (QED) is 0.789. The lowest BCUT2D eigenvalue weighted by molar-refractivity contribution is 0.0303. The fraction of sp³-hybridized carbons (Fsp3) is 0.421. The third-order valence-electron chi connectivity index (χ3n) is 4.87. The van der Waals surface area contributed by atoms with Crippen LogP contribution in [-0.2, 0) is 11.3 Å². The van der Waals surface area contributed by atoms with E-state index in [0.717, 1.165) is 5.56 Å². The predicted molar refractivity (Wildman–Crippen MR) is 100 cm³/mol. The maximum Gasteiger partial charge on any atom is 0.273 e. The van der Waals surface area contributed by atoms with Gasteiger partial charge in [-0.25, -0.2) is 4.98 Å². The molecule has 1 saturated heterocycles. The summed E-state index contributed by atoms with van der Waals surface area (Å²) >= 11 is 1.40. The van der Waals surface area contributed by atoms with Crippen molar-refractivity contribution < 1.29 is 19.1 Å². The van der Waals surface area contributed by atoms with Crippen LogP contribution in [0.3, 0.4) is 0 Å². The number of hydrogen-bond acceptors (Lipinski definition) is 6. The molecule has 1 fully saturated rings. The van der Waals surface area contributed by atoms with E-state index < -0.39 is 0 Å². The molecule has 3 heterocycles. The molecule has 7 nitrogen and oxygen atoms in total. The second-order valence-corrected chi connectivity index (χ2v) is 7.41. The van der Waals surface area contributed by atoms with Gasteiger partial charge in [-0.15, -0.1) is 11.3 Å². The van der Waals surface area contributed by atoms with Gasteiger partial charge in [0.05, 0.1) is 31.3 Å². The number of hydrogen-bond donors (Lipinski definition) is 0. The normalized spacial score (nSPS) is 19.8. The summed E-state index contributed by atoms with van der Waals surface area (Å²) in [7, 11) is 0. The van der Waals surface area contributed by atoms with Gasteiger partial charge in [-0.2, -0.15) is 0 Å². The molecule has 0 spiro atoms. The number of rotatable bonds is 2. The van der Waals surface area contributed by atoms with E-state index in [2.05, 4.69) is 4.98 Å². The van der Waals surface area contributed by atoms with Crippen LogP contribution in [0.2, 0.25) is 0 Å². The van der Waals surface area contributed by atoms with E-state index >= 15 is 0 Å². The zero-order valence-corrected chi connectivity index (χ0v) is 15.9. The number of nitrogens with zero attached hydrogens (tertiary/aromatic N) is 3. The third-order valence-corrected chi connectivity index (χ3v) is 5.46. The smallest absolute Gasteiger partial charge is 0.273 e. The van der Waals surface area contributed by atoms with Crippen LogP contribution in [0.25, 0.3) is 0 Å². The number of carbonyl (C=O) groups is 2.